The minimum absolute atomic E-state index is 0.145. The summed E-state index contributed by atoms with van der Waals surface area (Å²) in [6, 6.07) is 16.5. The molecule has 33 heavy (non-hydrogen) atoms. The number of nitrogens with two attached hydrogens (primary N) is 1. The number of amides is 1. The monoisotopic (exact) mass is 448 g/mol. The standard InChI is InChI=1S/C26H32N4O3/c1-17-7-9-21(13-22(17)31)30-25(33)12-18-5-4-6-19(11-18)14-26(2,3)29-16-23(32)20-8-10-24(27)28-15-20/h4-11,13,15,23,29,31-32H,12,14,16H2,1-3H3,(H2,27,28)(H,30,33)/t23-/m1/s1. The molecular weight excluding hydrogens is 416 g/mol. The van der Waals surface area contributed by atoms with Crippen LogP contribution in [0.3, 0.4) is 0 Å². The first-order valence-corrected chi connectivity index (χ1v) is 10.9. The molecule has 0 saturated heterocycles. The van der Waals surface area contributed by atoms with E-state index < -0.39 is 6.10 Å². The molecule has 0 radical (unpaired) electrons. The Labute approximate surface area is 194 Å². The molecule has 1 heterocycles. The number of aromatic nitrogens is 1. The number of aryl methyl sites for hydroxylation is 1. The van der Waals surface area contributed by atoms with Gasteiger partial charge in [-0.15, -0.1) is 0 Å². The minimum Gasteiger partial charge on any atom is -0.508 e. The summed E-state index contributed by atoms with van der Waals surface area (Å²) in [7, 11) is 0. The van der Waals surface area contributed by atoms with Gasteiger partial charge in [-0.1, -0.05) is 36.4 Å². The third-order valence-electron chi connectivity index (χ3n) is 5.46. The molecule has 0 aliphatic rings. The highest BCUT2D eigenvalue weighted by molar-refractivity contribution is 5.92. The zero-order valence-corrected chi connectivity index (χ0v) is 19.3. The lowest BCUT2D eigenvalue weighted by atomic mass is 9.93. The molecule has 0 fully saturated rings. The first kappa shape index (κ1) is 24.2. The lowest BCUT2D eigenvalue weighted by Gasteiger charge is -2.28. The van der Waals surface area contributed by atoms with Crippen molar-refractivity contribution in [3.05, 3.63) is 83.0 Å². The van der Waals surface area contributed by atoms with Gasteiger partial charge in [-0.25, -0.2) is 4.98 Å². The summed E-state index contributed by atoms with van der Waals surface area (Å²) in [4.78, 5) is 16.5. The van der Waals surface area contributed by atoms with Crippen LogP contribution in [0.25, 0.3) is 0 Å². The fraction of sp³-hybridized carbons (Fsp3) is 0.308. The number of anilines is 2. The normalized spacial score (nSPS) is 12.4. The number of benzene rings is 2. The maximum atomic E-state index is 12.5. The van der Waals surface area contributed by atoms with Crippen molar-refractivity contribution in [2.24, 2.45) is 0 Å². The summed E-state index contributed by atoms with van der Waals surface area (Å²) in [6.45, 7) is 6.33. The largest absolute Gasteiger partial charge is 0.508 e. The van der Waals surface area contributed by atoms with E-state index in [-0.39, 0.29) is 23.6 Å². The number of carbonyl (C=O) groups excluding carboxylic acids is 1. The first-order valence-electron chi connectivity index (χ1n) is 10.9. The van der Waals surface area contributed by atoms with Gasteiger partial charge in [0.05, 0.1) is 12.5 Å². The maximum Gasteiger partial charge on any atom is 0.228 e. The molecule has 3 rings (SSSR count). The molecule has 2 aromatic carbocycles. The van der Waals surface area contributed by atoms with Gasteiger partial charge in [-0.05, 0) is 56.0 Å². The number of β-amino-alcohol motifs (C(OH)–C–C–N with tert-alkyl or cyclic N) is 1. The predicted molar refractivity (Wildman–Crippen MR) is 131 cm³/mol. The zero-order valence-electron chi connectivity index (χ0n) is 19.3. The third kappa shape index (κ3) is 7.30. The number of nitrogens with one attached hydrogen (secondary N) is 2. The summed E-state index contributed by atoms with van der Waals surface area (Å²) in [5.74, 6) is 0.431. The van der Waals surface area contributed by atoms with E-state index in [2.05, 4.69) is 29.5 Å². The smallest absolute Gasteiger partial charge is 0.228 e. The van der Waals surface area contributed by atoms with E-state index in [1.807, 2.05) is 24.3 Å². The van der Waals surface area contributed by atoms with E-state index in [1.54, 1.807) is 43.5 Å². The number of phenols is 1. The summed E-state index contributed by atoms with van der Waals surface area (Å²) in [6.07, 6.45) is 1.86. The van der Waals surface area contributed by atoms with E-state index in [0.29, 0.717) is 23.6 Å². The van der Waals surface area contributed by atoms with Crippen LogP contribution in [0.1, 0.15) is 42.2 Å². The number of phenolic OH excluding ortho intramolecular Hbond substituents is 1. The topological polar surface area (TPSA) is 120 Å². The summed E-state index contributed by atoms with van der Waals surface area (Å²) in [5, 5.41) is 26.5. The number of aliphatic hydroxyl groups is 1. The maximum absolute atomic E-state index is 12.5. The van der Waals surface area contributed by atoms with Crippen LogP contribution in [0.5, 0.6) is 5.75 Å². The number of carbonyl (C=O) groups is 1. The minimum atomic E-state index is -0.686. The average molecular weight is 449 g/mol. The molecule has 1 amide bonds. The van der Waals surface area contributed by atoms with Gasteiger partial charge in [0.1, 0.15) is 11.6 Å². The van der Waals surface area contributed by atoms with Crippen LogP contribution >= 0.6 is 0 Å². The molecular formula is C26H32N4O3. The predicted octanol–water partition coefficient (Wildman–Crippen LogP) is 3.50. The molecule has 1 aromatic heterocycles. The van der Waals surface area contributed by atoms with Gasteiger partial charge in [-0.3, -0.25) is 4.79 Å². The van der Waals surface area contributed by atoms with Crippen LogP contribution in [-0.4, -0.2) is 33.2 Å². The van der Waals surface area contributed by atoms with Crippen LogP contribution < -0.4 is 16.4 Å². The van der Waals surface area contributed by atoms with E-state index in [1.165, 1.54) is 0 Å². The fourth-order valence-corrected chi connectivity index (χ4v) is 3.60. The van der Waals surface area contributed by atoms with Gasteiger partial charge in [0.15, 0.2) is 0 Å². The second kappa shape index (κ2) is 10.5. The van der Waals surface area contributed by atoms with Crippen LogP contribution in [-0.2, 0) is 17.6 Å². The molecule has 174 valence electrons. The van der Waals surface area contributed by atoms with Crippen molar-refractivity contribution < 1.29 is 15.0 Å². The van der Waals surface area contributed by atoms with Crippen molar-refractivity contribution in [1.29, 1.82) is 0 Å². The molecule has 7 heteroatoms. The van der Waals surface area contributed by atoms with E-state index in [0.717, 1.165) is 23.1 Å². The van der Waals surface area contributed by atoms with E-state index in [9.17, 15) is 15.0 Å². The number of nitrogen functional groups attached to an aromatic ring is 1. The van der Waals surface area contributed by atoms with Crippen molar-refractivity contribution in [3.8, 4) is 5.75 Å². The Hall–Kier alpha value is -3.42. The number of hydrogen-bond donors (Lipinski definition) is 5. The first-order chi connectivity index (χ1) is 15.6. The fourth-order valence-electron chi connectivity index (χ4n) is 3.60. The van der Waals surface area contributed by atoms with Crippen molar-refractivity contribution in [2.75, 3.05) is 17.6 Å². The molecule has 0 unspecified atom stereocenters. The van der Waals surface area contributed by atoms with Gasteiger partial charge < -0.3 is 26.6 Å². The number of pyridine rings is 1. The van der Waals surface area contributed by atoms with Crippen LogP contribution in [0.15, 0.2) is 60.8 Å². The average Bonchev–Trinajstić information content (AvgIpc) is 2.75. The Balaban J connectivity index is 1.56. The highest BCUT2D eigenvalue weighted by Crippen LogP contribution is 2.21. The Bertz CT molecular complexity index is 1100. The molecule has 3 aromatic rings. The Morgan fingerprint density at radius 2 is 1.88 bits per heavy atom. The molecule has 0 spiro atoms. The Kier molecular flexibility index (Phi) is 7.68. The number of rotatable bonds is 9. The van der Waals surface area contributed by atoms with Crippen molar-refractivity contribution in [1.82, 2.24) is 10.3 Å². The van der Waals surface area contributed by atoms with Crippen LogP contribution in [0.4, 0.5) is 11.5 Å². The second-order valence-electron chi connectivity index (χ2n) is 9.02. The van der Waals surface area contributed by atoms with E-state index in [4.69, 9.17) is 5.73 Å². The SMILES string of the molecule is Cc1ccc(NC(=O)Cc2cccc(CC(C)(C)NC[C@@H](O)c3ccc(N)nc3)c2)cc1O. The highest BCUT2D eigenvalue weighted by atomic mass is 16.3. The summed E-state index contributed by atoms with van der Waals surface area (Å²) >= 11 is 0. The number of aromatic hydroxyl groups is 1. The lowest BCUT2D eigenvalue weighted by molar-refractivity contribution is -0.115. The molecule has 0 aliphatic heterocycles. The van der Waals surface area contributed by atoms with Gasteiger partial charge in [0.2, 0.25) is 5.91 Å². The summed E-state index contributed by atoms with van der Waals surface area (Å²) < 4.78 is 0. The number of aliphatic hydroxyl groups excluding tert-OH is 1. The van der Waals surface area contributed by atoms with E-state index >= 15 is 0 Å². The van der Waals surface area contributed by atoms with Crippen molar-refractivity contribution >= 4 is 17.4 Å². The number of nitrogens with zero attached hydrogens (tertiary/aromatic N) is 1. The molecule has 0 saturated carbocycles. The number of hydrogen-bond acceptors (Lipinski definition) is 6. The van der Waals surface area contributed by atoms with Crippen molar-refractivity contribution in [3.63, 3.8) is 0 Å². The summed E-state index contributed by atoms with van der Waals surface area (Å²) in [5.41, 5.74) is 9.37. The molecule has 0 aliphatic carbocycles. The van der Waals surface area contributed by atoms with Crippen molar-refractivity contribution in [2.45, 2.75) is 45.3 Å². The quantitative estimate of drug-likeness (QED) is 0.342. The van der Waals surface area contributed by atoms with Gasteiger partial charge in [0, 0.05) is 35.6 Å². The Morgan fingerprint density at radius 3 is 2.58 bits per heavy atom. The second-order valence-corrected chi connectivity index (χ2v) is 9.02. The third-order valence-corrected chi connectivity index (χ3v) is 5.46. The van der Waals surface area contributed by atoms with Gasteiger partial charge in [-0.2, -0.15) is 0 Å². The highest BCUT2D eigenvalue weighted by Gasteiger charge is 2.20. The molecule has 6 N–H and O–H groups in total. The van der Waals surface area contributed by atoms with Crippen LogP contribution in [0, 0.1) is 6.92 Å². The molecule has 7 nitrogen and oxygen atoms in total. The Morgan fingerprint density at radius 1 is 1.12 bits per heavy atom. The van der Waals surface area contributed by atoms with Gasteiger partial charge in [0.25, 0.3) is 0 Å². The van der Waals surface area contributed by atoms with Crippen LogP contribution in [0.2, 0.25) is 0 Å². The zero-order chi connectivity index (χ0) is 24.0. The molecule has 1 atom stereocenters. The molecule has 0 bridgehead atoms. The van der Waals surface area contributed by atoms with Gasteiger partial charge >= 0.3 is 0 Å². The lowest BCUT2D eigenvalue weighted by Crippen LogP contribution is -2.43.